The number of rotatable bonds is 5. The second-order valence-corrected chi connectivity index (χ2v) is 7.17. The van der Waals surface area contributed by atoms with Gasteiger partial charge in [0.2, 0.25) is 5.75 Å². The van der Waals surface area contributed by atoms with E-state index in [1.54, 1.807) is 27.4 Å². The molecule has 0 saturated heterocycles. The van der Waals surface area contributed by atoms with Crippen LogP contribution in [0.15, 0.2) is 33.5 Å². The van der Waals surface area contributed by atoms with E-state index in [-0.39, 0.29) is 5.63 Å². The molecule has 0 bridgehead atoms. The van der Waals surface area contributed by atoms with Crippen molar-refractivity contribution >= 4 is 16.7 Å². The molecule has 0 amide bonds. The Morgan fingerprint density at radius 3 is 2.33 bits per heavy atom. The molecule has 0 spiro atoms. The van der Waals surface area contributed by atoms with Crippen LogP contribution in [0.2, 0.25) is 0 Å². The lowest BCUT2D eigenvalue weighted by atomic mass is 9.99. The van der Waals surface area contributed by atoms with E-state index in [2.05, 4.69) is 11.0 Å². The molecule has 30 heavy (non-hydrogen) atoms. The first-order chi connectivity index (χ1) is 14.5. The second-order valence-electron chi connectivity index (χ2n) is 7.17. The van der Waals surface area contributed by atoms with E-state index in [4.69, 9.17) is 23.4 Å². The van der Waals surface area contributed by atoms with Gasteiger partial charge in [-0.3, -0.25) is 0 Å². The summed E-state index contributed by atoms with van der Waals surface area (Å²) in [6.45, 7) is 4.93. The van der Waals surface area contributed by atoms with Crippen LogP contribution >= 0.6 is 0 Å². The van der Waals surface area contributed by atoms with Gasteiger partial charge in [0.05, 0.1) is 21.3 Å². The first-order valence-electron chi connectivity index (χ1n) is 9.77. The molecule has 1 aliphatic rings. The smallest absolute Gasteiger partial charge is 0.336 e. The van der Waals surface area contributed by atoms with Gasteiger partial charge < -0.3 is 28.3 Å². The Morgan fingerprint density at radius 1 is 1.03 bits per heavy atom. The highest BCUT2D eigenvalue weighted by Crippen LogP contribution is 2.43. The van der Waals surface area contributed by atoms with Gasteiger partial charge in [0.1, 0.15) is 11.3 Å². The fourth-order valence-corrected chi connectivity index (χ4v) is 3.99. The fourth-order valence-electron chi connectivity index (χ4n) is 3.99. The molecule has 3 aromatic rings. The van der Waals surface area contributed by atoms with E-state index in [9.17, 15) is 4.79 Å². The molecule has 7 nitrogen and oxygen atoms in total. The number of methoxy groups -OCH3 is 3. The standard InChI is InChI=1S/C23H25NO6/c1-6-14-8-20(25)30-22-13(2)21-15(7-17(14)22)11-24(12-29-21)16-9-18(26-3)23(28-5)19(10-16)27-4/h7-10H,6,11-12H2,1-5H3. The van der Waals surface area contributed by atoms with Gasteiger partial charge in [-0.05, 0) is 25.0 Å². The fraction of sp³-hybridized carbons (Fsp3) is 0.348. The van der Waals surface area contributed by atoms with E-state index in [1.807, 2.05) is 26.0 Å². The molecular weight excluding hydrogens is 386 g/mol. The number of hydrogen-bond acceptors (Lipinski definition) is 7. The highest BCUT2D eigenvalue weighted by atomic mass is 16.5. The van der Waals surface area contributed by atoms with Crippen LogP contribution < -0.4 is 29.5 Å². The van der Waals surface area contributed by atoms with Gasteiger partial charge in [0.15, 0.2) is 18.2 Å². The van der Waals surface area contributed by atoms with Crippen LogP contribution in [0.3, 0.4) is 0 Å². The summed E-state index contributed by atoms with van der Waals surface area (Å²) < 4.78 is 28.0. The van der Waals surface area contributed by atoms with Crippen molar-refractivity contribution < 1.29 is 23.4 Å². The summed E-state index contributed by atoms with van der Waals surface area (Å²) in [5.41, 5.74) is 4.00. The summed E-state index contributed by atoms with van der Waals surface area (Å²) in [6, 6.07) is 7.43. The third-order valence-corrected chi connectivity index (χ3v) is 5.50. The quantitative estimate of drug-likeness (QED) is 0.587. The maximum absolute atomic E-state index is 11.9. The minimum atomic E-state index is -0.336. The van der Waals surface area contributed by atoms with Crippen molar-refractivity contribution in [2.24, 2.45) is 0 Å². The van der Waals surface area contributed by atoms with Gasteiger partial charge in [0, 0.05) is 46.9 Å². The number of aryl methyl sites for hydroxylation is 2. The zero-order chi connectivity index (χ0) is 21.4. The molecule has 2 heterocycles. The van der Waals surface area contributed by atoms with Gasteiger partial charge in [-0.15, -0.1) is 0 Å². The number of hydrogen-bond donors (Lipinski definition) is 0. The highest BCUT2D eigenvalue weighted by Gasteiger charge is 2.25. The number of benzene rings is 2. The second kappa shape index (κ2) is 7.82. The Balaban J connectivity index is 1.80. The van der Waals surface area contributed by atoms with Gasteiger partial charge >= 0.3 is 5.63 Å². The number of fused-ring (bicyclic) bond motifs is 2. The molecule has 158 valence electrons. The molecule has 0 radical (unpaired) electrons. The number of ether oxygens (including phenoxy) is 4. The Hall–Kier alpha value is -3.35. The molecular formula is C23H25NO6. The average molecular weight is 411 g/mol. The van der Waals surface area contributed by atoms with E-state index < -0.39 is 0 Å². The van der Waals surface area contributed by atoms with Crippen LogP contribution in [-0.4, -0.2) is 28.1 Å². The van der Waals surface area contributed by atoms with Crippen LogP contribution in [0.5, 0.6) is 23.0 Å². The van der Waals surface area contributed by atoms with Crippen LogP contribution in [-0.2, 0) is 13.0 Å². The predicted octanol–water partition coefficient (Wildman–Crippen LogP) is 4.05. The van der Waals surface area contributed by atoms with Crippen molar-refractivity contribution in [2.75, 3.05) is 33.0 Å². The van der Waals surface area contributed by atoms with Crippen LogP contribution in [0.4, 0.5) is 5.69 Å². The SMILES string of the molecule is CCc1cc(=O)oc2c(C)c3c(cc12)CN(c1cc(OC)c(OC)c(OC)c1)CO3. The first kappa shape index (κ1) is 19.9. The van der Waals surface area contributed by atoms with E-state index in [0.29, 0.717) is 36.1 Å². The molecule has 0 saturated carbocycles. The minimum Gasteiger partial charge on any atom is -0.493 e. The summed E-state index contributed by atoms with van der Waals surface area (Å²) in [5.74, 6) is 2.49. The maximum Gasteiger partial charge on any atom is 0.336 e. The zero-order valence-electron chi connectivity index (χ0n) is 17.8. The molecule has 4 rings (SSSR count). The molecule has 0 N–H and O–H groups in total. The number of nitrogens with zero attached hydrogens (tertiary/aromatic N) is 1. The summed E-state index contributed by atoms with van der Waals surface area (Å²) >= 11 is 0. The van der Waals surface area contributed by atoms with E-state index in [0.717, 1.165) is 39.9 Å². The third kappa shape index (κ3) is 3.20. The minimum absolute atomic E-state index is 0.336. The Morgan fingerprint density at radius 2 is 1.73 bits per heavy atom. The van der Waals surface area contributed by atoms with Gasteiger partial charge in [0.25, 0.3) is 0 Å². The van der Waals surface area contributed by atoms with E-state index in [1.165, 1.54) is 0 Å². The van der Waals surface area contributed by atoms with Crippen molar-refractivity contribution in [2.45, 2.75) is 26.8 Å². The summed E-state index contributed by atoms with van der Waals surface area (Å²) in [4.78, 5) is 14.0. The van der Waals surface area contributed by atoms with Crippen molar-refractivity contribution in [1.82, 2.24) is 0 Å². The molecule has 0 aliphatic carbocycles. The van der Waals surface area contributed by atoms with Crippen molar-refractivity contribution in [3.63, 3.8) is 0 Å². The van der Waals surface area contributed by atoms with Crippen LogP contribution in [0.25, 0.3) is 11.0 Å². The Kier molecular flexibility index (Phi) is 5.20. The molecule has 7 heteroatoms. The predicted molar refractivity (Wildman–Crippen MR) is 114 cm³/mol. The maximum atomic E-state index is 11.9. The van der Waals surface area contributed by atoms with Crippen molar-refractivity contribution in [3.8, 4) is 23.0 Å². The average Bonchev–Trinajstić information content (AvgIpc) is 2.77. The molecule has 0 unspecified atom stereocenters. The summed E-state index contributed by atoms with van der Waals surface area (Å²) in [6.07, 6.45) is 0.748. The summed E-state index contributed by atoms with van der Waals surface area (Å²) in [7, 11) is 4.77. The monoisotopic (exact) mass is 411 g/mol. The van der Waals surface area contributed by atoms with Crippen molar-refractivity contribution in [1.29, 1.82) is 0 Å². The normalized spacial score (nSPS) is 13.0. The molecule has 1 aliphatic heterocycles. The zero-order valence-corrected chi connectivity index (χ0v) is 17.8. The van der Waals surface area contributed by atoms with Crippen molar-refractivity contribution in [3.05, 3.63) is 51.4 Å². The van der Waals surface area contributed by atoms with Gasteiger partial charge in [-0.1, -0.05) is 6.92 Å². The van der Waals surface area contributed by atoms with E-state index >= 15 is 0 Å². The first-order valence-corrected chi connectivity index (χ1v) is 9.77. The number of anilines is 1. The van der Waals surface area contributed by atoms with Gasteiger partial charge in [-0.25, -0.2) is 4.79 Å². The molecule has 2 aromatic carbocycles. The summed E-state index contributed by atoms with van der Waals surface area (Å²) in [5, 5.41) is 0.948. The highest BCUT2D eigenvalue weighted by molar-refractivity contribution is 5.86. The van der Waals surface area contributed by atoms with Crippen LogP contribution in [0, 0.1) is 6.92 Å². The largest absolute Gasteiger partial charge is 0.493 e. The Labute approximate surface area is 174 Å². The topological polar surface area (TPSA) is 70.4 Å². The lowest BCUT2D eigenvalue weighted by Gasteiger charge is -2.32. The molecule has 0 atom stereocenters. The van der Waals surface area contributed by atoms with Crippen LogP contribution in [0.1, 0.15) is 23.6 Å². The Bertz CT molecular complexity index is 1140. The molecule has 1 aromatic heterocycles. The lowest BCUT2D eigenvalue weighted by molar-refractivity contribution is 0.286. The lowest BCUT2D eigenvalue weighted by Crippen LogP contribution is -2.32. The molecule has 0 fully saturated rings. The third-order valence-electron chi connectivity index (χ3n) is 5.50. The van der Waals surface area contributed by atoms with Gasteiger partial charge in [-0.2, -0.15) is 0 Å².